The minimum absolute atomic E-state index is 0.0366. The third-order valence-corrected chi connectivity index (χ3v) is 3.42. The number of urea groups is 1. The topological polar surface area (TPSA) is 86.4 Å². The first-order valence-electron chi connectivity index (χ1n) is 7.72. The number of nitrogens with zero attached hydrogens (tertiary/aromatic N) is 2. The summed E-state index contributed by atoms with van der Waals surface area (Å²) in [7, 11) is 0. The number of hydrogen-bond acceptors (Lipinski definition) is 4. The van der Waals surface area contributed by atoms with Gasteiger partial charge in [0, 0.05) is 25.8 Å². The highest BCUT2D eigenvalue weighted by molar-refractivity contribution is 5.94. The number of nitrogens with one attached hydrogen (secondary N) is 3. The molecule has 0 spiro atoms. The quantitative estimate of drug-likeness (QED) is 0.740. The van der Waals surface area contributed by atoms with Crippen LogP contribution in [0.15, 0.2) is 18.3 Å². The molecule has 0 aromatic carbocycles. The minimum atomic E-state index is -0.403. The van der Waals surface area contributed by atoms with Crippen molar-refractivity contribution >= 4 is 23.4 Å². The Balaban J connectivity index is 1.87. The molecule has 1 saturated heterocycles. The van der Waals surface area contributed by atoms with Crippen molar-refractivity contribution in [3.63, 3.8) is 0 Å². The molecule has 0 aliphatic carbocycles. The Hall–Kier alpha value is -2.31. The summed E-state index contributed by atoms with van der Waals surface area (Å²) in [5.74, 6) is 0.591. The molecule has 0 bridgehead atoms. The number of carbonyl (C=O) groups is 2. The molecule has 2 heterocycles. The first kappa shape index (κ1) is 16.1. The van der Waals surface area contributed by atoms with Crippen LogP contribution in [-0.2, 0) is 4.79 Å². The molecule has 0 atom stereocenters. The maximum absolute atomic E-state index is 11.9. The zero-order valence-corrected chi connectivity index (χ0v) is 12.9. The molecule has 1 aliphatic rings. The van der Waals surface area contributed by atoms with Crippen molar-refractivity contribution in [1.29, 1.82) is 0 Å². The fraction of sp³-hybridized carbons (Fsp3) is 0.533. The second-order valence-electron chi connectivity index (χ2n) is 5.23. The van der Waals surface area contributed by atoms with Gasteiger partial charge in [0.15, 0.2) is 5.82 Å². The third kappa shape index (κ3) is 4.61. The third-order valence-electron chi connectivity index (χ3n) is 3.42. The van der Waals surface area contributed by atoms with E-state index >= 15 is 0 Å². The lowest BCUT2D eigenvalue weighted by Gasteiger charge is -2.20. The molecule has 0 unspecified atom stereocenters. The van der Waals surface area contributed by atoms with Gasteiger partial charge in [-0.05, 0) is 31.4 Å². The second-order valence-corrected chi connectivity index (χ2v) is 5.23. The van der Waals surface area contributed by atoms with Crippen molar-refractivity contribution in [2.45, 2.75) is 26.2 Å². The summed E-state index contributed by atoms with van der Waals surface area (Å²) in [6.45, 7) is 4.46. The number of anilines is 2. The van der Waals surface area contributed by atoms with E-state index in [1.54, 1.807) is 12.3 Å². The number of carbonyl (C=O) groups excluding carboxylic acids is 2. The molecule has 120 valence electrons. The molecule has 1 fully saturated rings. The lowest BCUT2D eigenvalue weighted by atomic mass is 10.3. The number of amides is 3. The van der Waals surface area contributed by atoms with Gasteiger partial charge in [-0.15, -0.1) is 0 Å². The summed E-state index contributed by atoms with van der Waals surface area (Å²) in [5, 5.41) is 8.02. The Labute approximate surface area is 130 Å². The van der Waals surface area contributed by atoms with E-state index in [0.29, 0.717) is 12.2 Å². The summed E-state index contributed by atoms with van der Waals surface area (Å²) in [4.78, 5) is 29.9. The fourth-order valence-corrected chi connectivity index (χ4v) is 2.33. The van der Waals surface area contributed by atoms with Crippen LogP contribution in [0.4, 0.5) is 16.3 Å². The summed E-state index contributed by atoms with van der Waals surface area (Å²) in [6, 6.07) is 3.20. The van der Waals surface area contributed by atoms with Crippen LogP contribution >= 0.6 is 0 Å². The zero-order valence-electron chi connectivity index (χ0n) is 12.9. The van der Waals surface area contributed by atoms with Crippen molar-refractivity contribution in [3.05, 3.63) is 18.3 Å². The molecule has 1 aromatic heterocycles. The summed E-state index contributed by atoms with van der Waals surface area (Å²) >= 11 is 0. The Bertz CT molecular complexity index is 514. The van der Waals surface area contributed by atoms with Crippen molar-refractivity contribution < 1.29 is 9.59 Å². The predicted molar refractivity (Wildman–Crippen MR) is 86.0 cm³/mol. The maximum atomic E-state index is 11.9. The van der Waals surface area contributed by atoms with Crippen molar-refractivity contribution in [1.82, 2.24) is 15.6 Å². The highest BCUT2D eigenvalue weighted by Crippen LogP contribution is 2.25. The Morgan fingerprint density at radius 3 is 2.77 bits per heavy atom. The average Bonchev–Trinajstić information content (AvgIpc) is 3.05. The normalized spacial score (nSPS) is 13.8. The van der Waals surface area contributed by atoms with Gasteiger partial charge in [-0.2, -0.15) is 0 Å². The maximum Gasteiger partial charge on any atom is 0.319 e. The molecule has 1 aromatic rings. The van der Waals surface area contributed by atoms with Gasteiger partial charge in [-0.1, -0.05) is 6.92 Å². The van der Waals surface area contributed by atoms with E-state index in [-0.39, 0.29) is 12.5 Å². The predicted octanol–water partition coefficient (Wildman–Crippen LogP) is 1.33. The first-order chi connectivity index (χ1) is 10.7. The van der Waals surface area contributed by atoms with Crippen LogP contribution in [0.25, 0.3) is 0 Å². The van der Waals surface area contributed by atoms with Crippen LogP contribution < -0.4 is 20.9 Å². The summed E-state index contributed by atoms with van der Waals surface area (Å²) in [6.07, 6.45) is 4.86. The Kier molecular flexibility index (Phi) is 6.00. The second kappa shape index (κ2) is 8.21. The zero-order chi connectivity index (χ0) is 15.8. The number of aromatic nitrogens is 1. The Morgan fingerprint density at radius 2 is 2.05 bits per heavy atom. The highest BCUT2D eigenvalue weighted by Gasteiger charge is 2.17. The highest BCUT2D eigenvalue weighted by atomic mass is 16.2. The smallest absolute Gasteiger partial charge is 0.319 e. The van der Waals surface area contributed by atoms with Gasteiger partial charge in [0.05, 0.1) is 12.2 Å². The van der Waals surface area contributed by atoms with Gasteiger partial charge in [-0.25, -0.2) is 9.78 Å². The molecule has 7 heteroatoms. The van der Waals surface area contributed by atoms with E-state index in [1.165, 1.54) is 0 Å². The molecular formula is C15H23N5O2. The van der Waals surface area contributed by atoms with E-state index in [0.717, 1.165) is 38.2 Å². The van der Waals surface area contributed by atoms with E-state index in [2.05, 4.69) is 25.8 Å². The van der Waals surface area contributed by atoms with Gasteiger partial charge in [0.2, 0.25) is 5.91 Å². The van der Waals surface area contributed by atoms with Crippen LogP contribution in [-0.4, -0.2) is 43.1 Å². The van der Waals surface area contributed by atoms with Crippen LogP contribution in [0.5, 0.6) is 0 Å². The fourth-order valence-electron chi connectivity index (χ4n) is 2.33. The van der Waals surface area contributed by atoms with Crippen LogP contribution in [0.2, 0.25) is 0 Å². The van der Waals surface area contributed by atoms with Crippen LogP contribution in [0.1, 0.15) is 26.2 Å². The monoisotopic (exact) mass is 305 g/mol. The largest absolute Gasteiger partial charge is 0.355 e. The molecular weight excluding hydrogens is 282 g/mol. The standard InChI is InChI=1S/C15H23N5O2/c1-2-7-16-13(21)11-18-15(22)19-12-6-5-8-17-14(12)20-9-3-4-10-20/h5-6,8H,2-4,7,9-11H2,1H3,(H,16,21)(H2,18,19,22). The van der Waals surface area contributed by atoms with Crippen LogP contribution in [0, 0.1) is 0 Å². The van der Waals surface area contributed by atoms with Crippen molar-refractivity contribution in [2.24, 2.45) is 0 Å². The van der Waals surface area contributed by atoms with E-state index < -0.39 is 6.03 Å². The first-order valence-corrected chi connectivity index (χ1v) is 7.72. The van der Waals surface area contributed by atoms with Crippen molar-refractivity contribution in [2.75, 3.05) is 36.4 Å². The molecule has 3 amide bonds. The SMILES string of the molecule is CCCNC(=O)CNC(=O)Nc1cccnc1N1CCCC1. The molecule has 0 saturated carbocycles. The lowest BCUT2D eigenvalue weighted by molar-refractivity contribution is -0.120. The van der Waals surface area contributed by atoms with Gasteiger partial charge < -0.3 is 20.9 Å². The number of hydrogen-bond donors (Lipinski definition) is 3. The van der Waals surface area contributed by atoms with E-state index in [1.807, 2.05) is 13.0 Å². The molecule has 1 aliphatic heterocycles. The van der Waals surface area contributed by atoms with E-state index in [9.17, 15) is 9.59 Å². The summed E-state index contributed by atoms with van der Waals surface area (Å²) in [5.41, 5.74) is 0.663. The number of rotatable bonds is 6. The van der Waals surface area contributed by atoms with Gasteiger partial charge in [0.1, 0.15) is 0 Å². The lowest BCUT2D eigenvalue weighted by Crippen LogP contribution is -2.39. The molecule has 7 nitrogen and oxygen atoms in total. The van der Waals surface area contributed by atoms with Gasteiger partial charge in [0.25, 0.3) is 0 Å². The Morgan fingerprint density at radius 1 is 1.27 bits per heavy atom. The van der Waals surface area contributed by atoms with Crippen molar-refractivity contribution in [3.8, 4) is 0 Å². The number of pyridine rings is 1. The van der Waals surface area contributed by atoms with Crippen LogP contribution in [0.3, 0.4) is 0 Å². The summed E-state index contributed by atoms with van der Waals surface area (Å²) < 4.78 is 0. The molecule has 3 N–H and O–H groups in total. The van der Waals surface area contributed by atoms with Gasteiger partial charge in [-0.3, -0.25) is 4.79 Å². The molecule has 22 heavy (non-hydrogen) atoms. The molecule has 0 radical (unpaired) electrons. The van der Waals surface area contributed by atoms with E-state index in [4.69, 9.17) is 0 Å². The van der Waals surface area contributed by atoms with Gasteiger partial charge >= 0.3 is 6.03 Å². The molecule has 2 rings (SSSR count). The average molecular weight is 305 g/mol. The minimum Gasteiger partial charge on any atom is -0.355 e.